The number of carbonyl (C=O) groups is 2. The Kier molecular flexibility index (Phi) is 5.90. The van der Waals surface area contributed by atoms with E-state index < -0.39 is 11.5 Å². The number of benzene rings is 1. The second-order valence-corrected chi connectivity index (χ2v) is 5.67. The van der Waals surface area contributed by atoms with Crippen molar-refractivity contribution in [3.05, 3.63) is 29.8 Å². The van der Waals surface area contributed by atoms with E-state index in [0.29, 0.717) is 12.3 Å². The van der Waals surface area contributed by atoms with Gasteiger partial charge in [0.15, 0.2) is 0 Å². The van der Waals surface area contributed by atoms with Gasteiger partial charge in [0.2, 0.25) is 5.91 Å². The van der Waals surface area contributed by atoms with Gasteiger partial charge in [-0.3, -0.25) is 14.9 Å². The zero-order valence-electron chi connectivity index (χ0n) is 13.1. The van der Waals surface area contributed by atoms with E-state index in [2.05, 4.69) is 24.5 Å². The molecule has 1 rings (SSSR count). The fourth-order valence-electron chi connectivity index (χ4n) is 1.81. The van der Waals surface area contributed by atoms with Gasteiger partial charge in [0.05, 0.1) is 6.54 Å². The molecule has 3 N–H and O–H groups in total. The minimum absolute atomic E-state index is 0.0391. The van der Waals surface area contributed by atoms with Crippen molar-refractivity contribution in [2.24, 2.45) is 0 Å². The molecule has 21 heavy (non-hydrogen) atoms. The van der Waals surface area contributed by atoms with E-state index in [4.69, 9.17) is 5.11 Å². The lowest BCUT2D eigenvalue weighted by atomic mass is 9.99. The molecule has 0 saturated heterocycles. The number of amides is 1. The van der Waals surface area contributed by atoms with Gasteiger partial charge in [-0.15, -0.1) is 0 Å². The van der Waals surface area contributed by atoms with Crippen LogP contribution in [0.25, 0.3) is 0 Å². The predicted molar refractivity (Wildman–Crippen MR) is 83.5 cm³/mol. The number of hydrogen-bond donors (Lipinski definition) is 3. The van der Waals surface area contributed by atoms with Crippen LogP contribution in [0.15, 0.2) is 24.3 Å². The van der Waals surface area contributed by atoms with Crippen LogP contribution in [0.4, 0.5) is 5.69 Å². The van der Waals surface area contributed by atoms with Crippen LogP contribution in [0.3, 0.4) is 0 Å². The third kappa shape index (κ3) is 4.86. The highest BCUT2D eigenvalue weighted by molar-refractivity contribution is 5.93. The van der Waals surface area contributed by atoms with Crippen molar-refractivity contribution in [3.63, 3.8) is 0 Å². The Morgan fingerprint density at radius 1 is 1.33 bits per heavy atom. The SMILES string of the molecule is CCC(C)(NCC(=O)Nc1cccc(C(C)C)c1)C(=O)O. The van der Waals surface area contributed by atoms with Crippen molar-refractivity contribution in [2.75, 3.05) is 11.9 Å². The van der Waals surface area contributed by atoms with Gasteiger partial charge >= 0.3 is 5.97 Å². The number of hydrogen-bond acceptors (Lipinski definition) is 3. The Labute approximate surface area is 125 Å². The first-order valence-corrected chi connectivity index (χ1v) is 7.16. The predicted octanol–water partition coefficient (Wildman–Crippen LogP) is 2.59. The van der Waals surface area contributed by atoms with Crippen molar-refractivity contribution in [1.82, 2.24) is 5.32 Å². The minimum Gasteiger partial charge on any atom is -0.480 e. The number of aliphatic carboxylic acids is 1. The van der Waals surface area contributed by atoms with Gasteiger partial charge < -0.3 is 10.4 Å². The van der Waals surface area contributed by atoms with Crippen molar-refractivity contribution in [2.45, 2.75) is 45.6 Å². The number of carbonyl (C=O) groups excluding carboxylic acids is 1. The van der Waals surface area contributed by atoms with Gasteiger partial charge in [-0.1, -0.05) is 32.9 Å². The van der Waals surface area contributed by atoms with Crippen LogP contribution in [-0.2, 0) is 9.59 Å². The van der Waals surface area contributed by atoms with E-state index in [1.807, 2.05) is 24.3 Å². The molecule has 0 fully saturated rings. The number of rotatable bonds is 7. The highest BCUT2D eigenvalue weighted by Gasteiger charge is 2.30. The maximum Gasteiger partial charge on any atom is 0.323 e. The molecule has 0 saturated carbocycles. The van der Waals surface area contributed by atoms with Gasteiger partial charge in [0.25, 0.3) is 0 Å². The van der Waals surface area contributed by atoms with E-state index in [0.717, 1.165) is 11.3 Å². The molecule has 0 bridgehead atoms. The molecule has 1 unspecified atom stereocenters. The summed E-state index contributed by atoms with van der Waals surface area (Å²) in [6.45, 7) is 7.47. The van der Waals surface area contributed by atoms with E-state index in [9.17, 15) is 9.59 Å². The molecule has 1 amide bonds. The van der Waals surface area contributed by atoms with E-state index in [1.54, 1.807) is 13.8 Å². The maximum atomic E-state index is 11.9. The van der Waals surface area contributed by atoms with Crippen LogP contribution < -0.4 is 10.6 Å². The van der Waals surface area contributed by atoms with Crippen molar-refractivity contribution in [3.8, 4) is 0 Å². The molecule has 0 radical (unpaired) electrons. The van der Waals surface area contributed by atoms with Crippen LogP contribution in [0.2, 0.25) is 0 Å². The molecule has 1 atom stereocenters. The first-order valence-electron chi connectivity index (χ1n) is 7.16. The number of nitrogens with one attached hydrogen (secondary N) is 2. The summed E-state index contributed by atoms with van der Waals surface area (Å²) in [5, 5.41) is 14.7. The summed E-state index contributed by atoms with van der Waals surface area (Å²) in [6, 6.07) is 7.65. The Bertz CT molecular complexity index is 514. The monoisotopic (exact) mass is 292 g/mol. The fourth-order valence-corrected chi connectivity index (χ4v) is 1.81. The van der Waals surface area contributed by atoms with E-state index in [1.165, 1.54) is 0 Å². The molecule has 1 aromatic carbocycles. The van der Waals surface area contributed by atoms with Gasteiger partial charge in [0, 0.05) is 5.69 Å². The number of carboxylic acids is 1. The number of anilines is 1. The van der Waals surface area contributed by atoms with Crippen molar-refractivity contribution in [1.29, 1.82) is 0 Å². The van der Waals surface area contributed by atoms with Gasteiger partial charge in [-0.2, -0.15) is 0 Å². The molecular weight excluding hydrogens is 268 g/mol. The lowest BCUT2D eigenvalue weighted by Gasteiger charge is -2.24. The summed E-state index contributed by atoms with van der Waals surface area (Å²) in [6.07, 6.45) is 0.401. The molecule has 0 spiro atoms. The normalized spacial score (nSPS) is 13.8. The molecule has 0 aliphatic rings. The molecule has 1 aromatic rings. The van der Waals surface area contributed by atoms with E-state index in [-0.39, 0.29) is 12.5 Å². The summed E-state index contributed by atoms with van der Waals surface area (Å²) in [5.74, 6) is -0.827. The Morgan fingerprint density at radius 3 is 2.52 bits per heavy atom. The van der Waals surface area contributed by atoms with Crippen LogP contribution >= 0.6 is 0 Å². The second kappa shape index (κ2) is 7.22. The molecule has 0 aromatic heterocycles. The van der Waals surface area contributed by atoms with Crippen LogP contribution in [0, 0.1) is 0 Å². The van der Waals surface area contributed by atoms with Gasteiger partial charge in [-0.25, -0.2) is 0 Å². The van der Waals surface area contributed by atoms with Crippen LogP contribution in [0.5, 0.6) is 0 Å². The van der Waals surface area contributed by atoms with Crippen LogP contribution in [0.1, 0.15) is 45.6 Å². The lowest BCUT2D eigenvalue weighted by Crippen LogP contribution is -2.51. The first kappa shape index (κ1) is 17.2. The molecule has 0 heterocycles. The zero-order chi connectivity index (χ0) is 16.0. The largest absolute Gasteiger partial charge is 0.480 e. The van der Waals surface area contributed by atoms with Gasteiger partial charge in [-0.05, 0) is 37.0 Å². The third-order valence-corrected chi connectivity index (χ3v) is 3.66. The average molecular weight is 292 g/mol. The molecular formula is C16H24N2O3. The topological polar surface area (TPSA) is 78.4 Å². The molecule has 5 heteroatoms. The van der Waals surface area contributed by atoms with E-state index >= 15 is 0 Å². The quantitative estimate of drug-likeness (QED) is 0.722. The molecule has 116 valence electrons. The average Bonchev–Trinajstić information content (AvgIpc) is 2.44. The zero-order valence-corrected chi connectivity index (χ0v) is 13.1. The summed E-state index contributed by atoms with van der Waals surface area (Å²) in [4.78, 5) is 23.1. The molecule has 0 aliphatic heterocycles. The van der Waals surface area contributed by atoms with Crippen molar-refractivity contribution >= 4 is 17.6 Å². The highest BCUT2D eigenvalue weighted by Crippen LogP contribution is 2.18. The second-order valence-electron chi connectivity index (χ2n) is 5.67. The first-order chi connectivity index (χ1) is 9.78. The lowest BCUT2D eigenvalue weighted by molar-refractivity contribution is -0.144. The fraction of sp³-hybridized carbons (Fsp3) is 0.500. The Morgan fingerprint density at radius 2 is 2.00 bits per heavy atom. The summed E-state index contributed by atoms with van der Waals surface area (Å²) in [7, 11) is 0. The smallest absolute Gasteiger partial charge is 0.323 e. The summed E-state index contributed by atoms with van der Waals surface area (Å²) >= 11 is 0. The molecule has 5 nitrogen and oxygen atoms in total. The maximum absolute atomic E-state index is 11.9. The third-order valence-electron chi connectivity index (χ3n) is 3.66. The molecule has 0 aliphatic carbocycles. The standard InChI is InChI=1S/C16H24N2O3/c1-5-16(4,15(20)21)17-10-14(19)18-13-8-6-7-12(9-13)11(2)3/h6-9,11,17H,5,10H2,1-4H3,(H,18,19)(H,20,21). The highest BCUT2D eigenvalue weighted by atomic mass is 16.4. The van der Waals surface area contributed by atoms with Crippen molar-refractivity contribution < 1.29 is 14.7 Å². The van der Waals surface area contributed by atoms with Gasteiger partial charge in [0.1, 0.15) is 5.54 Å². The number of carboxylic acid groups (broad SMARTS) is 1. The van der Waals surface area contributed by atoms with Crippen LogP contribution in [-0.4, -0.2) is 29.1 Å². The minimum atomic E-state index is -1.09. The summed E-state index contributed by atoms with van der Waals surface area (Å²) in [5.41, 5.74) is 0.781. The Balaban J connectivity index is 2.62. The summed E-state index contributed by atoms with van der Waals surface area (Å²) < 4.78 is 0. The Hall–Kier alpha value is -1.88.